The second-order valence-electron chi connectivity index (χ2n) is 4.08. The Kier molecular flexibility index (Phi) is 10.8. The van der Waals surface area contributed by atoms with Crippen LogP contribution in [-0.4, -0.2) is 54.5 Å². The van der Waals surface area contributed by atoms with Crippen LogP contribution in [0, 0.1) is 0 Å². The normalized spacial score (nSPS) is 12.0. The van der Waals surface area contributed by atoms with E-state index in [1.54, 1.807) is 0 Å². The van der Waals surface area contributed by atoms with Crippen molar-refractivity contribution >= 4 is 0 Å². The fourth-order valence-electron chi connectivity index (χ4n) is 1.46. The van der Waals surface area contributed by atoms with Gasteiger partial charge in [-0.25, -0.2) is 0 Å². The molecule has 0 aromatic heterocycles. The van der Waals surface area contributed by atoms with Crippen LogP contribution in [0.1, 0.15) is 39.5 Å². The van der Waals surface area contributed by atoms with E-state index in [-0.39, 0.29) is 18.0 Å². The summed E-state index contributed by atoms with van der Waals surface area (Å²) in [7, 11) is 0. The molecule has 0 bridgehead atoms. The molecule has 5 nitrogen and oxygen atoms in total. The van der Waals surface area contributed by atoms with Crippen molar-refractivity contribution in [3.63, 3.8) is 0 Å². The summed E-state index contributed by atoms with van der Waals surface area (Å²) in [6.45, 7) is 6.03. The van der Waals surface area contributed by atoms with Crippen LogP contribution in [0.3, 0.4) is 0 Å². The Morgan fingerprint density at radius 3 is 1.53 bits per heavy atom. The van der Waals surface area contributed by atoms with E-state index in [9.17, 15) is 0 Å². The van der Waals surface area contributed by atoms with E-state index >= 15 is 0 Å². The molecule has 0 aromatic rings. The van der Waals surface area contributed by atoms with Crippen LogP contribution < -0.4 is 0 Å². The van der Waals surface area contributed by atoms with Gasteiger partial charge in [-0.1, -0.05) is 26.7 Å². The maximum atomic E-state index is 9.08. The maximum absolute atomic E-state index is 9.08. The summed E-state index contributed by atoms with van der Waals surface area (Å²) >= 11 is 0. The Morgan fingerprint density at radius 2 is 1.24 bits per heavy atom. The molecule has 0 unspecified atom stereocenters. The van der Waals surface area contributed by atoms with Crippen LogP contribution in [0.2, 0.25) is 0 Å². The SMILES string of the molecule is CCCCO[N+](CCO)(CCO)OCCCC. The molecule has 0 atom stereocenters. The van der Waals surface area contributed by atoms with Crippen molar-refractivity contribution < 1.29 is 24.7 Å². The number of quaternary nitrogens is 1. The van der Waals surface area contributed by atoms with Crippen molar-refractivity contribution in [2.24, 2.45) is 0 Å². The average molecular weight is 250 g/mol. The first kappa shape index (κ1) is 16.8. The molecule has 0 fully saturated rings. The third-order valence-corrected chi connectivity index (χ3v) is 2.53. The molecule has 0 saturated carbocycles. The van der Waals surface area contributed by atoms with Gasteiger partial charge in [-0.2, -0.15) is 9.68 Å². The van der Waals surface area contributed by atoms with Crippen LogP contribution in [0.4, 0.5) is 0 Å². The standard InChI is InChI=1S/C12H28NO4/c1-3-5-11-16-13(7-9-14,8-10-15)17-12-6-4-2/h14-15H,3-12H2,1-2H3/q+1. The van der Waals surface area contributed by atoms with Crippen molar-refractivity contribution in [2.45, 2.75) is 39.5 Å². The molecule has 0 aliphatic rings. The predicted octanol–water partition coefficient (Wildman–Crippen LogP) is 1.25. The van der Waals surface area contributed by atoms with E-state index in [2.05, 4.69) is 13.8 Å². The number of hydrogen-bond acceptors (Lipinski definition) is 4. The molecule has 0 radical (unpaired) electrons. The molecule has 104 valence electrons. The summed E-state index contributed by atoms with van der Waals surface area (Å²) in [5, 5.41) is 18.2. The lowest BCUT2D eigenvalue weighted by molar-refractivity contribution is -1.25. The molecular weight excluding hydrogens is 222 g/mol. The summed E-state index contributed by atoms with van der Waals surface area (Å²) in [4.78, 5) is 11.3. The van der Waals surface area contributed by atoms with Crippen molar-refractivity contribution in [3.05, 3.63) is 0 Å². The van der Waals surface area contributed by atoms with E-state index in [1.165, 1.54) is 0 Å². The number of unbranched alkanes of at least 4 members (excludes halogenated alkanes) is 2. The second kappa shape index (κ2) is 10.9. The third-order valence-electron chi connectivity index (χ3n) is 2.53. The Balaban J connectivity index is 4.25. The van der Waals surface area contributed by atoms with E-state index < -0.39 is 0 Å². The molecule has 0 aliphatic carbocycles. The van der Waals surface area contributed by atoms with Crippen LogP contribution in [0.15, 0.2) is 0 Å². The monoisotopic (exact) mass is 250 g/mol. The van der Waals surface area contributed by atoms with Gasteiger partial charge in [0.2, 0.25) is 0 Å². The van der Waals surface area contributed by atoms with Gasteiger partial charge in [-0.15, -0.1) is 0 Å². The Bertz CT molecular complexity index is 149. The number of aliphatic hydroxyl groups is 2. The molecule has 0 rings (SSSR count). The van der Waals surface area contributed by atoms with Crippen molar-refractivity contribution in [3.8, 4) is 0 Å². The fraction of sp³-hybridized carbons (Fsp3) is 1.00. The first-order valence-corrected chi connectivity index (χ1v) is 6.62. The molecule has 2 N–H and O–H groups in total. The van der Waals surface area contributed by atoms with E-state index in [0.717, 1.165) is 25.7 Å². The first-order chi connectivity index (χ1) is 8.24. The molecular formula is C12H28NO4+. The first-order valence-electron chi connectivity index (χ1n) is 6.62. The van der Waals surface area contributed by atoms with Crippen molar-refractivity contribution in [1.82, 2.24) is 0 Å². The minimum absolute atomic E-state index is 0.0156. The highest BCUT2D eigenvalue weighted by Crippen LogP contribution is 2.11. The quantitative estimate of drug-likeness (QED) is 0.311. The van der Waals surface area contributed by atoms with Gasteiger partial charge in [0.15, 0.2) is 13.1 Å². The van der Waals surface area contributed by atoms with Crippen LogP contribution in [0.5, 0.6) is 0 Å². The maximum Gasteiger partial charge on any atom is 0.165 e. The van der Waals surface area contributed by atoms with Gasteiger partial charge in [0.25, 0.3) is 0 Å². The van der Waals surface area contributed by atoms with E-state index in [1.807, 2.05) is 0 Å². The van der Waals surface area contributed by atoms with Gasteiger partial charge >= 0.3 is 0 Å². The van der Waals surface area contributed by atoms with Crippen LogP contribution >= 0.6 is 0 Å². The molecule has 0 saturated heterocycles. The topological polar surface area (TPSA) is 58.9 Å². The molecule has 17 heavy (non-hydrogen) atoms. The van der Waals surface area contributed by atoms with Gasteiger partial charge in [-0.05, 0) is 17.7 Å². The molecule has 0 heterocycles. The van der Waals surface area contributed by atoms with Crippen molar-refractivity contribution in [2.75, 3.05) is 39.5 Å². The highest BCUT2D eigenvalue weighted by Gasteiger charge is 2.31. The summed E-state index contributed by atoms with van der Waals surface area (Å²) in [6.07, 6.45) is 4.00. The van der Waals surface area contributed by atoms with Crippen molar-refractivity contribution in [1.29, 1.82) is 0 Å². The molecule has 0 spiro atoms. The Hall–Kier alpha value is -0.200. The number of hydrogen-bond donors (Lipinski definition) is 2. The molecule has 5 heteroatoms. The van der Waals surface area contributed by atoms with Crippen LogP contribution in [0.25, 0.3) is 0 Å². The van der Waals surface area contributed by atoms with Gasteiger partial charge in [0, 0.05) is 0 Å². The smallest absolute Gasteiger partial charge is 0.165 e. The average Bonchev–Trinajstić information content (AvgIpc) is 2.30. The second-order valence-corrected chi connectivity index (χ2v) is 4.08. The zero-order valence-electron chi connectivity index (χ0n) is 11.2. The predicted molar refractivity (Wildman–Crippen MR) is 65.9 cm³/mol. The largest absolute Gasteiger partial charge is 0.390 e. The van der Waals surface area contributed by atoms with Gasteiger partial charge < -0.3 is 10.2 Å². The van der Waals surface area contributed by atoms with Gasteiger partial charge in [-0.3, -0.25) is 0 Å². The number of aliphatic hydroxyl groups excluding tert-OH is 2. The summed E-state index contributed by atoms with van der Waals surface area (Å²) in [6, 6.07) is 0. The lowest BCUT2D eigenvalue weighted by Crippen LogP contribution is -2.51. The minimum Gasteiger partial charge on any atom is -0.390 e. The third kappa shape index (κ3) is 7.68. The number of hydroxylamine groups is 4. The minimum atomic E-state index is -0.0903. The molecule has 0 amide bonds. The van der Waals surface area contributed by atoms with E-state index in [4.69, 9.17) is 19.9 Å². The fourth-order valence-corrected chi connectivity index (χ4v) is 1.46. The summed E-state index contributed by atoms with van der Waals surface area (Å²) < 4.78 is 0. The van der Waals surface area contributed by atoms with Gasteiger partial charge in [0.1, 0.15) is 13.2 Å². The lowest BCUT2D eigenvalue weighted by Gasteiger charge is -2.31. The number of nitrogens with zero attached hydrogens (tertiary/aromatic N) is 1. The Morgan fingerprint density at radius 1 is 0.824 bits per heavy atom. The summed E-state index contributed by atoms with van der Waals surface area (Å²) in [5.74, 6) is 0. The van der Waals surface area contributed by atoms with Gasteiger partial charge in [0.05, 0.1) is 13.2 Å². The Labute approximate surface area is 104 Å². The number of rotatable bonds is 12. The molecule has 0 aliphatic heterocycles. The zero-order valence-corrected chi connectivity index (χ0v) is 11.2. The zero-order chi connectivity index (χ0) is 13.0. The molecule has 0 aromatic carbocycles. The van der Waals surface area contributed by atoms with Crippen LogP contribution in [-0.2, 0) is 9.68 Å². The lowest BCUT2D eigenvalue weighted by atomic mass is 10.4. The highest BCUT2D eigenvalue weighted by molar-refractivity contribution is 4.32. The van der Waals surface area contributed by atoms with E-state index in [0.29, 0.717) is 26.3 Å². The highest BCUT2D eigenvalue weighted by atomic mass is 17.0. The summed E-state index contributed by atoms with van der Waals surface area (Å²) in [5.41, 5.74) is 0.